The van der Waals surface area contributed by atoms with Gasteiger partial charge in [0, 0.05) is 13.2 Å². The van der Waals surface area contributed by atoms with Crippen molar-refractivity contribution >= 4 is 57.5 Å². The highest BCUT2D eigenvalue weighted by atomic mass is 32.2. The minimum atomic E-state index is -0.692. The molecule has 3 heterocycles. The number of hydrogen-bond donors (Lipinski definition) is 3. The quantitative estimate of drug-likeness (QED) is 0.665. The highest BCUT2D eigenvalue weighted by Gasteiger charge is 2.26. The van der Waals surface area contributed by atoms with E-state index in [1.165, 1.54) is 11.3 Å². The molecule has 1 aromatic rings. The summed E-state index contributed by atoms with van der Waals surface area (Å²) in [5, 5.41) is 14.9. The average Bonchev–Trinajstić information content (AvgIpc) is 3.34. The van der Waals surface area contributed by atoms with Gasteiger partial charge in [0.05, 0.1) is 16.7 Å². The highest BCUT2D eigenvalue weighted by molar-refractivity contribution is 8.14. The Balaban J connectivity index is 1.52. The minimum Gasteiger partial charge on any atom is -0.376 e. The van der Waals surface area contributed by atoms with Gasteiger partial charge in [0.15, 0.2) is 16.7 Å². The summed E-state index contributed by atoms with van der Waals surface area (Å²) in [6.07, 6.45) is 1.98. The lowest BCUT2D eigenvalue weighted by Crippen LogP contribution is -2.44. The van der Waals surface area contributed by atoms with Crippen molar-refractivity contribution in [2.75, 3.05) is 18.9 Å². The number of carbonyl (C=O) groups is 3. The van der Waals surface area contributed by atoms with Gasteiger partial charge in [0.2, 0.25) is 5.91 Å². The largest absolute Gasteiger partial charge is 0.376 e. The Bertz CT molecular complexity index is 813. The Labute approximate surface area is 163 Å². The predicted octanol–water partition coefficient (Wildman–Crippen LogP) is 0.821. The van der Waals surface area contributed by atoms with Gasteiger partial charge in [-0.05, 0) is 24.3 Å². The summed E-state index contributed by atoms with van der Waals surface area (Å²) in [7, 11) is 0. The van der Waals surface area contributed by atoms with Gasteiger partial charge >= 0.3 is 0 Å². The first-order valence-corrected chi connectivity index (χ1v) is 10.1. The van der Waals surface area contributed by atoms with Gasteiger partial charge in [-0.1, -0.05) is 17.8 Å². The molecule has 0 aromatic carbocycles. The zero-order valence-electron chi connectivity index (χ0n) is 14.2. The number of nitrogens with one attached hydrogen (secondary N) is 3. The molecule has 1 unspecified atom stereocenters. The van der Waals surface area contributed by atoms with E-state index < -0.39 is 17.6 Å². The second-order valence-corrected chi connectivity index (χ2v) is 7.60. The summed E-state index contributed by atoms with van der Waals surface area (Å²) in [5.74, 6) is -1.88. The molecule has 0 radical (unpaired) electrons. The molecule has 9 nitrogen and oxygen atoms in total. The first kappa shape index (κ1) is 19.4. The van der Waals surface area contributed by atoms with Gasteiger partial charge in [-0.2, -0.15) is 4.99 Å². The van der Waals surface area contributed by atoms with Crippen LogP contribution in [0.4, 0.5) is 0 Å². The Morgan fingerprint density at radius 2 is 2.37 bits per heavy atom. The molecular formula is C16H17N5O4S2. The monoisotopic (exact) mass is 407 g/mol. The SMILES string of the molecule is N=C1N=C(SCC(=O)NCC2CCCO2)NC(=O)C1=NC(=O)c1cccs1. The summed E-state index contributed by atoms with van der Waals surface area (Å²) < 4.78 is 5.43. The van der Waals surface area contributed by atoms with Gasteiger partial charge in [-0.3, -0.25) is 25.1 Å². The fourth-order valence-electron chi connectivity index (χ4n) is 2.39. The normalized spacial score (nSPS) is 21.1. The standard InChI is InChI=1S/C16H17N5O4S2/c17-13-12(19-14(23)10-4-2-6-26-10)15(24)21-16(20-13)27-8-11(22)18-7-9-3-1-5-25-9/h2,4,6,9H,1,3,5,7-8H2,(H,18,22)(H2,17,20,21,24). The van der Waals surface area contributed by atoms with Crippen LogP contribution in [0, 0.1) is 5.41 Å². The molecule has 11 heteroatoms. The van der Waals surface area contributed by atoms with Crippen molar-refractivity contribution in [3.05, 3.63) is 22.4 Å². The number of nitrogens with zero attached hydrogens (tertiary/aromatic N) is 2. The van der Waals surface area contributed by atoms with Crippen molar-refractivity contribution in [1.82, 2.24) is 10.6 Å². The number of thioether (sulfide) groups is 1. The van der Waals surface area contributed by atoms with Gasteiger partial charge in [-0.25, -0.2) is 4.99 Å². The molecule has 0 spiro atoms. The zero-order valence-corrected chi connectivity index (χ0v) is 15.8. The van der Waals surface area contributed by atoms with Crippen molar-refractivity contribution < 1.29 is 19.1 Å². The Kier molecular flexibility index (Phi) is 6.48. The Hall–Kier alpha value is -2.37. The lowest BCUT2D eigenvalue weighted by atomic mass is 10.2. The molecule has 1 aromatic heterocycles. The molecule has 0 saturated carbocycles. The third kappa shape index (κ3) is 5.31. The number of amides is 3. The molecule has 3 N–H and O–H groups in total. The van der Waals surface area contributed by atoms with Gasteiger partial charge in [-0.15, -0.1) is 11.3 Å². The van der Waals surface area contributed by atoms with E-state index in [4.69, 9.17) is 10.1 Å². The lowest BCUT2D eigenvalue weighted by molar-refractivity contribution is -0.119. The molecular weight excluding hydrogens is 390 g/mol. The molecule has 1 fully saturated rings. The van der Waals surface area contributed by atoms with Crippen LogP contribution in [-0.4, -0.2) is 59.4 Å². The maximum atomic E-state index is 12.1. The molecule has 3 amide bonds. The second kappa shape index (κ2) is 9.02. The van der Waals surface area contributed by atoms with Gasteiger partial charge in [0.1, 0.15) is 0 Å². The minimum absolute atomic E-state index is 0.0414. The second-order valence-electron chi connectivity index (χ2n) is 5.69. The van der Waals surface area contributed by atoms with Crippen molar-refractivity contribution in [2.24, 2.45) is 9.98 Å². The van der Waals surface area contributed by atoms with E-state index in [2.05, 4.69) is 20.6 Å². The van der Waals surface area contributed by atoms with Crippen LogP contribution in [-0.2, 0) is 14.3 Å². The van der Waals surface area contributed by atoms with E-state index in [1.807, 2.05) is 0 Å². The van der Waals surface area contributed by atoms with Crippen molar-refractivity contribution in [3.8, 4) is 0 Å². The number of amidine groups is 2. The van der Waals surface area contributed by atoms with Crippen molar-refractivity contribution in [1.29, 1.82) is 5.41 Å². The molecule has 1 atom stereocenters. The number of ether oxygens (including phenoxy) is 1. The summed E-state index contributed by atoms with van der Waals surface area (Å²) in [6.45, 7) is 1.18. The third-order valence-electron chi connectivity index (χ3n) is 3.71. The summed E-state index contributed by atoms with van der Waals surface area (Å²) in [4.78, 5) is 43.9. The molecule has 0 bridgehead atoms. The van der Waals surface area contributed by atoms with Crippen LogP contribution in [0.15, 0.2) is 27.5 Å². The summed E-state index contributed by atoms with van der Waals surface area (Å²) >= 11 is 2.20. The first-order chi connectivity index (χ1) is 13.0. The van der Waals surface area contributed by atoms with Crippen LogP contribution in [0.25, 0.3) is 0 Å². The highest BCUT2D eigenvalue weighted by Crippen LogP contribution is 2.13. The number of aliphatic imine (C=N–C) groups is 2. The molecule has 2 aliphatic heterocycles. The van der Waals surface area contributed by atoms with Crippen molar-refractivity contribution in [3.63, 3.8) is 0 Å². The number of thiophene rings is 1. The first-order valence-electron chi connectivity index (χ1n) is 8.19. The van der Waals surface area contributed by atoms with Gasteiger partial charge in [0.25, 0.3) is 11.8 Å². The van der Waals surface area contributed by atoms with E-state index in [-0.39, 0.29) is 28.6 Å². The number of carbonyl (C=O) groups excluding carboxylic acids is 3. The van der Waals surface area contributed by atoms with Crippen LogP contribution in [0.3, 0.4) is 0 Å². The Morgan fingerprint density at radius 1 is 1.52 bits per heavy atom. The number of hydrogen-bond acceptors (Lipinski definition) is 7. The molecule has 3 rings (SSSR count). The van der Waals surface area contributed by atoms with E-state index in [0.717, 1.165) is 31.2 Å². The summed E-state index contributed by atoms with van der Waals surface area (Å²) in [5.41, 5.74) is -0.347. The van der Waals surface area contributed by atoms with Crippen LogP contribution in [0.1, 0.15) is 22.5 Å². The molecule has 27 heavy (non-hydrogen) atoms. The molecule has 2 aliphatic rings. The zero-order chi connectivity index (χ0) is 19.2. The maximum absolute atomic E-state index is 12.1. The summed E-state index contributed by atoms with van der Waals surface area (Å²) in [6, 6.07) is 3.28. The smallest absolute Gasteiger partial charge is 0.287 e. The molecule has 1 saturated heterocycles. The Morgan fingerprint density at radius 3 is 3.04 bits per heavy atom. The van der Waals surface area contributed by atoms with Crippen molar-refractivity contribution in [2.45, 2.75) is 18.9 Å². The average molecular weight is 407 g/mol. The molecule has 142 valence electrons. The third-order valence-corrected chi connectivity index (χ3v) is 5.44. The van der Waals surface area contributed by atoms with Crippen LogP contribution >= 0.6 is 23.1 Å². The van der Waals surface area contributed by atoms with E-state index >= 15 is 0 Å². The number of rotatable bonds is 5. The fourth-order valence-corrected chi connectivity index (χ4v) is 3.69. The van der Waals surface area contributed by atoms with Crippen LogP contribution < -0.4 is 10.6 Å². The topological polar surface area (TPSA) is 133 Å². The maximum Gasteiger partial charge on any atom is 0.287 e. The van der Waals surface area contributed by atoms with Gasteiger partial charge < -0.3 is 10.1 Å². The van der Waals surface area contributed by atoms with E-state index in [0.29, 0.717) is 11.4 Å². The lowest BCUT2D eigenvalue weighted by Gasteiger charge is -2.15. The predicted molar refractivity (Wildman–Crippen MR) is 104 cm³/mol. The van der Waals surface area contributed by atoms with Crippen LogP contribution in [0.2, 0.25) is 0 Å². The molecule has 0 aliphatic carbocycles. The fraction of sp³-hybridized carbons (Fsp3) is 0.375. The van der Waals surface area contributed by atoms with E-state index in [9.17, 15) is 14.4 Å². The van der Waals surface area contributed by atoms with Crippen LogP contribution in [0.5, 0.6) is 0 Å². The van der Waals surface area contributed by atoms with E-state index in [1.54, 1.807) is 17.5 Å².